The number of nitrogens with zero attached hydrogens (tertiary/aromatic N) is 2. The molecule has 2 rings (SSSR count). The molecule has 5 nitrogen and oxygen atoms in total. The van der Waals surface area contributed by atoms with Crippen molar-refractivity contribution in [1.29, 1.82) is 0 Å². The first-order valence-electron chi connectivity index (χ1n) is 8.49. The molecule has 0 aromatic heterocycles. The van der Waals surface area contributed by atoms with Crippen molar-refractivity contribution in [3.8, 4) is 0 Å². The van der Waals surface area contributed by atoms with Crippen LogP contribution < -0.4 is 4.90 Å². The third-order valence-electron chi connectivity index (χ3n) is 4.37. The number of sulfone groups is 1. The Bertz CT molecular complexity index is 666. The lowest BCUT2D eigenvalue weighted by molar-refractivity contribution is 0.0727. The van der Waals surface area contributed by atoms with Gasteiger partial charge in [0.15, 0.2) is 9.84 Å². The predicted molar refractivity (Wildman–Crippen MR) is 98.3 cm³/mol. The molecule has 6 heteroatoms. The average Bonchev–Trinajstić information content (AvgIpc) is 2.53. The van der Waals surface area contributed by atoms with E-state index in [0.29, 0.717) is 25.1 Å². The highest BCUT2D eigenvalue weighted by atomic mass is 32.2. The summed E-state index contributed by atoms with van der Waals surface area (Å²) >= 11 is 0. The normalized spacial score (nSPS) is 18.7. The first-order valence-corrected chi connectivity index (χ1v) is 10.2. The van der Waals surface area contributed by atoms with E-state index in [2.05, 4.69) is 0 Å². The van der Waals surface area contributed by atoms with Crippen LogP contribution in [-0.4, -0.2) is 57.4 Å². The van der Waals surface area contributed by atoms with Gasteiger partial charge in [0.2, 0.25) is 0 Å². The molecular weight excluding hydrogens is 324 g/mol. The van der Waals surface area contributed by atoms with Crippen molar-refractivity contribution in [3.63, 3.8) is 0 Å². The Morgan fingerprint density at radius 1 is 1.25 bits per heavy atom. The van der Waals surface area contributed by atoms with E-state index >= 15 is 0 Å². The third kappa shape index (κ3) is 4.50. The van der Waals surface area contributed by atoms with Crippen LogP contribution >= 0.6 is 0 Å². The van der Waals surface area contributed by atoms with Gasteiger partial charge in [-0.05, 0) is 43.0 Å². The van der Waals surface area contributed by atoms with Crippen LogP contribution in [0.3, 0.4) is 0 Å². The fraction of sp³-hybridized carbons (Fsp3) is 0.611. The van der Waals surface area contributed by atoms with Gasteiger partial charge in [-0.1, -0.05) is 13.8 Å². The predicted octanol–water partition coefficient (Wildman–Crippen LogP) is 2.43. The Morgan fingerprint density at radius 2 is 1.88 bits per heavy atom. The maximum atomic E-state index is 12.7. The molecule has 0 bridgehead atoms. The minimum Gasteiger partial charge on any atom is -0.378 e. The summed E-state index contributed by atoms with van der Waals surface area (Å²) in [6, 6.07) is 7.43. The van der Waals surface area contributed by atoms with E-state index in [1.54, 1.807) is 4.90 Å². The zero-order valence-electron chi connectivity index (χ0n) is 15.0. The van der Waals surface area contributed by atoms with Crippen LogP contribution in [0.25, 0.3) is 0 Å². The van der Waals surface area contributed by atoms with E-state index in [4.69, 9.17) is 0 Å². The molecule has 0 N–H and O–H groups in total. The molecule has 1 heterocycles. The molecule has 1 aliphatic heterocycles. The van der Waals surface area contributed by atoms with Gasteiger partial charge in [0.1, 0.15) is 0 Å². The van der Waals surface area contributed by atoms with Crippen LogP contribution in [0.5, 0.6) is 0 Å². The van der Waals surface area contributed by atoms with Crippen molar-refractivity contribution in [1.82, 2.24) is 4.90 Å². The zero-order chi connectivity index (χ0) is 17.9. The molecule has 0 spiro atoms. The minimum atomic E-state index is -3.15. The molecule has 0 radical (unpaired) electrons. The lowest BCUT2D eigenvalue weighted by Gasteiger charge is -2.33. The van der Waals surface area contributed by atoms with Gasteiger partial charge in [0.25, 0.3) is 5.91 Å². The molecule has 0 aliphatic carbocycles. The van der Waals surface area contributed by atoms with Gasteiger partial charge in [0.05, 0.1) is 11.0 Å². The van der Waals surface area contributed by atoms with E-state index in [-0.39, 0.29) is 17.6 Å². The van der Waals surface area contributed by atoms with E-state index < -0.39 is 15.1 Å². The number of hydrogen-bond acceptors (Lipinski definition) is 4. The number of likely N-dealkylation sites (tertiary alicyclic amines) is 1. The van der Waals surface area contributed by atoms with Crippen LogP contribution in [0.15, 0.2) is 24.3 Å². The second-order valence-electron chi connectivity index (χ2n) is 7.18. The maximum absolute atomic E-state index is 12.7. The van der Waals surface area contributed by atoms with E-state index in [9.17, 15) is 13.2 Å². The third-order valence-corrected chi connectivity index (χ3v) is 6.90. The van der Waals surface area contributed by atoms with Gasteiger partial charge in [-0.3, -0.25) is 4.79 Å². The van der Waals surface area contributed by atoms with Crippen molar-refractivity contribution in [2.75, 3.05) is 37.8 Å². The van der Waals surface area contributed by atoms with Crippen molar-refractivity contribution in [3.05, 3.63) is 29.8 Å². The summed E-state index contributed by atoms with van der Waals surface area (Å²) in [5.41, 5.74) is 1.64. The van der Waals surface area contributed by atoms with Crippen molar-refractivity contribution in [2.45, 2.75) is 31.9 Å². The highest BCUT2D eigenvalue weighted by Gasteiger charge is 2.33. The number of carbonyl (C=O) groups excluding carboxylic acids is 1. The standard InChI is InChI=1S/C18H28N2O3S/c1-14(2)13-24(22,23)17-6-5-11-20(12-17)18(21)15-7-9-16(10-8-15)19(3)4/h7-10,14,17H,5-6,11-13H2,1-4H3. The summed E-state index contributed by atoms with van der Waals surface area (Å²) in [5.74, 6) is 0.224. The Kier molecular flexibility index (Phi) is 5.91. The number of benzene rings is 1. The van der Waals surface area contributed by atoms with Crippen molar-refractivity contribution >= 4 is 21.4 Å². The van der Waals surface area contributed by atoms with E-state index in [0.717, 1.165) is 12.1 Å². The lowest BCUT2D eigenvalue weighted by atomic mass is 10.1. The van der Waals surface area contributed by atoms with Gasteiger partial charge >= 0.3 is 0 Å². The Labute approximate surface area is 145 Å². The highest BCUT2D eigenvalue weighted by molar-refractivity contribution is 7.92. The fourth-order valence-corrected chi connectivity index (χ4v) is 5.24. The zero-order valence-corrected chi connectivity index (χ0v) is 15.8. The Hall–Kier alpha value is -1.56. The first kappa shape index (κ1) is 18.8. The molecule has 1 unspecified atom stereocenters. The van der Waals surface area contributed by atoms with Gasteiger partial charge in [-0.15, -0.1) is 0 Å². The van der Waals surface area contributed by atoms with Crippen LogP contribution in [-0.2, 0) is 9.84 Å². The van der Waals surface area contributed by atoms with Crippen LogP contribution in [0, 0.1) is 5.92 Å². The highest BCUT2D eigenvalue weighted by Crippen LogP contribution is 2.22. The van der Waals surface area contributed by atoms with Crippen LogP contribution in [0.4, 0.5) is 5.69 Å². The smallest absolute Gasteiger partial charge is 0.253 e. The number of hydrogen-bond donors (Lipinski definition) is 0. The minimum absolute atomic E-state index is 0.0789. The summed E-state index contributed by atoms with van der Waals surface area (Å²) < 4.78 is 25.0. The molecule has 1 amide bonds. The Morgan fingerprint density at radius 3 is 2.42 bits per heavy atom. The molecule has 24 heavy (non-hydrogen) atoms. The molecule has 1 saturated heterocycles. The number of piperidine rings is 1. The van der Waals surface area contributed by atoms with Gasteiger partial charge in [-0.2, -0.15) is 0 Å². The second kappa shape index (κ2) is 7.55. The van der Waals surface area contributed by atoms with E-state index in [1.807, 2.05) is 57.1 Å². The van der Waals surface area contributed by atoms with Gasteiger partial charge < -0.3 is 9.80 Å². The topological polar surface area (TPSA) is 57.7 Å². The van der Waals surface area contributed by atoms with Crippen molar-refractivity contribution < 1.29 is 13.2 Å². The van der Waals surface area contributed by atoms with E-state index in [1.165, 1.54) is 0 Å². The summed E-state index contributed by atoms with van der Waals surface area (Å²) in [4.78, 5) is 16.4. The molecule has 0 saturated carbocycles. The molecule has 1 aromatic rings. The number of amides is 1. The summed E-state index contributed by atoms with van der Waals surface area (Å²) in [5, 5.41) is -0.432. The Balaban J connectivity index is 2.10. The number of rotatable bonds is 5. The summed E-state index contributed by atoms with van der Waals surface area (Å²) in [6.07, 6.45) is 1.39. The van der Waals surface area contributed by atoms with Gasteiger partial charge in [0, 0.05) is 38.4 Å². The number of carbonyl (C=O) groups is 1. The average molecular weight is 353 g/mol. The molecule has 134 valence electrons. The SMILES string of the molecule is CC(C)CS(=O)(=O)C1CCCN(C(=O)c2ccc(N(C)C)cc2)C1. The van der Waals surface area contributed by atoms with Gasteiger partial charge in [-0.25, -0.2) is 8.42 Å². The molecule has 1 fully saturated rings. The second-order valence-corrected chi connectivity index (χ2v) is 9.51. The first-order chi connectivity index (χ1) is 11.2. The van der Waals surface area contributed by atoms with Crippen LogP contribution in [0.1, 0.15) is 37.0 Å². The molecular formula is C18H28N2O3S. The summed E-state index contributed by atoms with van der Waals surface area (Å²) in [7, 11) is 0.750. The number of anilines is 1. The molecule has 1 aliphatic rings. The monoisotopic (exact) mass is 352 g/mol. The van der Waals surface area contributed by atoms with Crippen LogP contribution in [0.2, 0.25) is 0 Å². The quantitative estimate of drug-likeness (QED) is 0.817. The lowest BCUT2D eigenvalue weighted by Crippen LogP contribution is -2.46. The largest absolute Gasteiger partial charge is 0.378 e. The maximum Gasteiger partial charge on any atom is 0.253 e. The van der Waals surface area contributed by atoms with Crippen molar-refractivity contribution in [2.24, 2.45) is 5.92 Å². The fourth-order valence-electron chi connectivity index (χ4n) is 3.10. The molecule has 1 atom stereocenters. The molecule has 1 aromatic carbocycles. The summed E-state index contributed by atoms with van der Waals surface area (Å²) in [6.45, 7) is 4.76.